The maximum atomic E-state index is 12.6. The molecule has 0 radical (unpaired) electrons. The number of aliphatic hydroxyl groups is 1. The summed E-state index contributed by atoms with van der Waals surface area (Å²) >= 11 is 0. The minimum Gasteiger partial charge on any atom is -0.467 e. The largest absolute Gasteiger partial charge is 0.467 e. The van der Waals surface area contributed by atoms with E-state index in [1.54, 1.807) is 11.1 Å². The number of aryl methyl sites for hydroxylation is 1. The third kappa shape index (κ3) is 3.66. The zero-order chi connectivity index (χ0) is 19.6. The predicted octanol–water partition coefficient (Wildman–Crippen LogP) is 2.22. The molecular weight excluding hydrogens is 356 g/mol. The highest BCUT2D eigenvalue weighted by Crippen LogP contribution is 2.31. The minimum atomic E-state index is -0.992. The molecule has 1 saturated heterocycles. The van der Waals surface area contributed by atoms with E-state index >= 15 is 0 Å². The summed E-state index contributed by atoms with van der Waals surface area (Å²) in [6, 6.07) is 11.3. The predicted molar refractivity (Wildman–Crippen MR) is 104 cm³/mol. The van der Waals surface area contributed by atoms with Crippen LogP contribution in [0.5, 0.6) is 5.88 Å². The van der Waals surface area contributed by atoms with Crippen LogP contribution in [-0.4, -0.2) is 50.6 Å². The molecule has 28 heavy (non-hydrogen) atoms. The zero-order valence-corrected chi connectivity index (χ0v) is 15.7. The van der Waals surface area contributed by atoms with Crippen molar-refractivity contribution in [2.24, 2.45) is 0 Å². The summed E-state index contributed by atoms with van der Waals surface area (Å²) in [5.41, 5.74) is 1.49. The van der Waals surface area contributed by atoms with E-state index in [4.69, 9.17) is 4.74 Å². The molecule has 0 saturated carbocycles. The van der Waals surface area contributed by atoms with Crippen LogP contribution in [0, 0.1) is 6.92 Å². The Morgan fingerprint density at radius 2 is 1.93 bits per heavy atom. The fourth-order valence-corrected chi connectivity index (χ4v) is 3.44. The average Bonchev–Trinajstić information content (AvgIpc) is 2.73. The molecule has 1 fully saturated rings. The highest BCUT2D eigenvalue weighted by atomic mass is 16.5. The molecule has 1 aromatic carbocycles. The molecule has 1 amide bonds. The first kappa shape index (κ1) is 18.3. The van der Waals surface area contributed by atoms with Crippen molar-refractivity contribution in [1.82, 2.24) is 19.9 Å². The third-order valence-corrected chi connectivity index (χ3v) is 5.17. The Hall–Kier alpha value is -3.06. The number of hydrogen-bond donors (Lipinski definition) is 1. The number of likely N-dealkylation sites (tertiary alicyclic amines) is 1. The van der Waals surface area contributed by atoms with Crippen LogP contribution in [0.15, 0.2) is 48.9 Å². The topological polar surface area (TPSA) is 88.4 Å². The first-order valence-corrected chi connectivity index (χ1v) is 9.31. The van der Waals surface area contributed by atoms with Crippen molar-refractivity contribution in [3.8, 4) is 5.88 Å². The lowest BCUT2D eigenvalue weighted by atomic mass is 9.87. The number of aromatic nitrogens is 3. The molecule has 0 unspecified atom stereocenters. The molecule has 2 aromatic heterocycles. The second-order valence-electron chi connectivity index (χ2n) is 7.12. The van der Waals surface area contributed by atoms with Crippen molar-refractivity contribution in [3.63, 3.8) is 0 Å². The van der Waals surface area contributed by atoms with Gasteiger partial charge in [-0.2, -0.15) is 0 Å². The molecule has 0 bridgehead atoms. The summed E-state index contributed by atoms with van der Waals surface area (Å²) in [4.78, 5) is 27.0. The van der Waals surface area contributed by atoms with Crippen molar-refractivity contribution in [1.29, 1.82) is 0 Å². The highest BCUT2D eigenvalue weighted by Gasteiger charge is 2.36. The van der Waals surface area contributed by atoms with E-state index in [9.17, 15) is 9.90 Å². The SMILES string of the molecule is Cc1ccc(C2(O)CCN(C(=O)COc3ncnc4ccccc34)CC2)nc1. The van der Waals surface area contributed by atoms with Crippen LogP contribution in [0.25, 0.3) is 10.9 Å². The van der Waals surface area contributed by atoms with Gasteiger partial charge >= 0.3 is 0 Å². The van der Waals surface area contributed by atoms with Gasteiger partial charge in [0.2, 0.25) is 5.88 Å². The number of hydrogen-bond acceptors (Lipinski definition) is 6. The normalized spacial score (nSPS) is 16.1. The average molecular weight is 378 g/mol. The van der Waals surface area contributed by atoms with E-state index < -0.39 is 5.60 Å². The fourth-order valence-electron chi connectivity index (χ4n) is 3.44. The summed E-state index contributed by atoms with van der Waals surface area (Å²) in [5, 5.41) is 11.7. The van der Waals surface area contributed by atoms with E-state index in [-0.39, 0.29) is 12.5 Å². The van der Waals surface area contributed by atoms with Crippen LogP contribution in [0.1, 0.15) is 24.1 Å². The summed E-state index contributed by atoms with van der Waals surface area (Å²) < 4.78 is 5.67. The van der Waals surface area contributed by atoms with Crippen molar-refractivity contribution in [2.75, 3.05) is 19.7 Å². The zero-order valence-electron chi connectivity index (χ0n) is 15.7. The van der Waals surface area contributed by atoms with Crippen molar-refractivity contribution >= 4 is 16.8 Å². The van der Waals surface area contributed by atoms with Crippen molar-refractivity contribution < 1.29 is 14.6 Å². The maximum Gasteiger partial charge on any atom is 0.260 e. The number of benzene rings is 1. The molecule has 144 valence electrons. The van der Waals surface area contributed by atoms with Gasteiger partial charge in [0.05, 0.1) is 16.6 Å². The lowest BCUT2D eigenvalue weighted by molar-refractivity contribution is -0.138. The van der Waals surface area contributed by atoms with Gasteiger partial charge in [0.15, 0.2) is 6.61 Å². The van der Waals surface area contributed by atoms with Gasteiger partial charge in [0, 0.05) is 19.3 Å². The quantitative estimate of drug-likeness (QED) is 0.749. The van der Waals surface area contributed by atoms with E-state index in [0.29, 0.717) is 37.5 Å². The molecule has 0 spiro atoms. The molecule has 0 atom stereocenters. The Balaban J connectivity index is 1.37. The second-order valence-corrected chi connectivity index (χ2v) is 7.12. The molecule has 7 nitrogen and oxygen atoms in total. The second kappa shape index (κ2) is 7.52. The van der Waals surface area contributed by atoms with Gasteiger partial charge in [-0.25, -0.2) is 9.97 Å². The molecule has 1 N–H and O–H groups in total. The molecule has 0 aliphatic carbocycles. The van der Waals surface area contributed by atoms with E-state index in [1.165, 1.54) is 6.33 Å². The van der Waals surface area contributed by atoms with E-state index in [1.807, 2.05) is 43.3 Å². The van der Waals surface area contributed by atoms with Gasteiger partial charge in [-0.05, 0) is 43.5 Å². The third-order valence-electron chi connectivity index (χ3n) is 5.17. The molecule has 4 rings (SSSR count). The maximum absolute atomic E-state index is 12.6. The van der Waals surface area contributed by atoms with Crippen LogP contribution in [-0.2, 0) is 10.4 Å². The summed E-state index contributed by atoms with van der Waals surface area (Å²) in [6.07, 6.45) is 4.08. The van der Waals surface area contributed by atoms with Gasteiger partial charge in [0.25, 0.3) is 5.91 Å². The van der Waals surface area contributed by atoms with Crippen LogP contribution in [0.2, 0.25) is 0 Å². The first-order valence-electron chi connectivity index (χ1n) is 9.31. The van der Waals surface area contributed by atoms with Crippen LogP contribution >= 0.6 is 0 Å². The van der Waals surface area contributed by atoms with Crippen LogP contribution in [0.4, 0.5) is 0 Å². The standard InChI is InChI=1S/C21H22N4O3/c1-15-6-7-18(22-12-15)21(27)8-10-25(11-9-21)19(26)13-28-20-16-4-2-3-5-17(16)23-14-24-20/h2-7,12,14,27H,8-11,13H2,1H3. The van der Waals surface area contributed by atoms with E-state index in [2.05, 4.69) is 15.0 Å². The lowest BCUT2D eigenvalue weighted by Crippen LogP contribution is -2.47. The Labute approximate surface area is 163 Å². The monoisotopic (exact) mass is 378 g/mol. The highest BCUT2D eigenvalue weighted by molar-refractivity contribution is 5.84. The molecule has 1 aliphatic rings. The first-order chi connectivity index (χ1) is 13.5. The number of ether oxygens (including phenoxy) is 1. The number of amides is 1. The number of rotatable bonds is 4. The number of para-hydroxylation sites is 1. The van der Waals surface area contributed by atoms with Gasteiger partial charge in [-0.1, -0.05) is 18.2 Å². The van der Waals surface area contributed by atoms with Crippen molar-refractivity contribution in [3.05, 3.63) is 60.2 Å². The van der Waals surface area contributed by atoms with Crippen LogP contribution in [0.3, 0.4) is 0 Å². The summed E-state index contributed by atoms with van der Waals surface area (Å²) in [5.74, 6) is 0.276. The minimum absolute atomic E-state index is 0.0950. The lowest BCUT2D eigenvalue weighted by Gasteiger charge is -2.37. The Bertz CT molecular complexity index is 977. The molecular formula is C21H22N4O3. The van der Waals surface area contributed by atoms with Crippen molar-refractivity contribution in [2.45, 2.75) is 25.4 Å². The van der Waals surface area contributed by atoms with Gasteiger partial charge in [-0.3, -0.25) is 9.78 Å². The number of piperidine rings is 1. The molecule has 3 aromatic rings. The molecule has 3 heterocycles. The Kier molecular flexibility index (Phi) is 4.92. The molecule has 1 aliphatic heterocycles. The Morgan fingerprint density at radius 1 is 1.14 bits per heavy atom. The smallest absolute Gasteiger partial charge is 0.260 e. The Morgan fingerprint density at radius 3 is 2.68 bits per heavy atom. The number of fused-ring (bicyclic) bond motifs is 1. The molecule has 7 heteroatoms. The number of carbonyl (C=O) groups is 1. The summed E-state index contributed by atoms with van der Waals surface area (Å²) in [6.45, 7) is 2.78. The number of pyridine rings is 1. The van der Waals surface area contributed by atoms with E-state index in [0.717, 1.165) is 16.5 Å². The summed E-state index contributed by atoms with van der Waals surface area (Å²) in [7, 11) is 0. The number of carbonyl (C=O) groups excluding carboxylic acids is 1. The van der Waals surface area contributed by atoms with Crippen LogP contribution < -0.4 is 4.74 Å². The number of nitrogens with zero attached hydrogens (tertiary/aromatic N) is 4. The van der Waals surface area contributed by atoms with Gasteiger partial charge in [0.1, 0.15) is 11.9 Å². The van der Waals surface area contributed by atoms with Gasteiger partial charge in [-0.15, -0.1) is 0 Å². The fraction of sp³-hybridized carbons (Fsp3) is 0.333. The van der Waals surface area contributed by atoms with Gasteiger partial charge < -0.3 is 14.7 Å².